The van der Waals surface area contributed by atoms with Gasteiger partial charge in [0.15, 0.2) is 5.82 Å². The number of nitrogens with one attached hydrogen (secondary N) is 1. The largest absolute Gasteiger partial charge is 0.494 e. The fourth-order valence-corrected chi connectivity index (χ4v) is 4.21. The van der Waals surface area contributed by atoms with E-state index in [-0.39, 0.29) is 4.90 Å². The second-order valence-electron chi connectivity index (χ2n) is 7.22. The summed E-state index contributed by atoms with van der Waals surface area (Å²) in [6.45, 7) is 6.09. The van der Waals surface area contributed by atoms with Crippen LogP contribution in [0.1, 0.15) is 18.2 Å². The van der Waals surface area contributed by atoms with Crippen LogP contribution in [0.25, 0.3) is 5.82 Å². The lowest BCUT2D eigenvalue weighted by Gasteiger charge is -2.12. The van der Waals surface area contributed by atoms with Crippen LogP contribution in [0.2, 0.25) is 0 Å². The molecule has 2 aromatic carbocycles. The van der Waals surface area contributed by atoms with Crippen LogP contribution in [0.5, 0.6) is 17.4 Å². The van der Waals surface area contributed by atoms with Crippen LogP contribution in [0.4, 0.5) is 5.69 Å². The lowest BCUT2D eigenvalue weighted by atomic mass is 10.2. The number of sulfonamides is 1. The van der Waals surface area contributed by atoms with E-state index >= 15 is 0 Å². The Morgan fingerprint density at radius 3 is 2.36 bits per heavy atom. The molecule has 0 aliphatic heterocycles. The molecule has 170 valence electrons. The summed E-state index contributed by atoms with van der Waals surface area (Å²) in [7, 11) is -3.75. The molecule has 33 heavy (non-hydrogen) atoms. The molecule has 9 nitrogen and oxygen atoms in total. The SMILES string of the molecule is CCOc1ccc(S(=O)(=O)Nc2ccc(Oc3ccc(-n4ccc(C)n4)nn3)cc2)cc1C. The molecular formula is C23H23N5O4S. The van der Waals surface area contributed by atoms with Crippen molar-refractivity contribution in [3.63, 3.8) is 0 Å². The van der Waals surface area contributed by atoms with Gasteiger partial charge in [0.25, 0.3) is 10.0 Å². The van der Waals surface area contributed by atoms with Crippen molar-refractivity contribution in [2.24, 2.45) is 0 Å². The Kier molecular flexibility index (Phi) is 6.27. The maximum Gasteiger partial charge on any atom is 0.261 e. The first-order valence-electron chi connectivity index (χ1n) is 10.2. The molecule has 0 unspecified atom stereocenters. The third kappa shape index (κ3) is 5.29. The predicted molar refractivity (Wildman–Crippen MR) is 124 cm³/mol. The highest BCUT2D eigenvalue weighted by atomic mass is 32.2. The fraction of sp³-hybridized carbons (Fsp3) is 0.174. The number of rotatable bonds is 8. The van der Waals surface area contributed by atoms with Gasteiger partial charge in [-0.15, -0.1) is 10.2 Å². The highest BCUT2D eigenvalue weighted by Gasteiger charge is 2.16. The second kappa shape index (κ2) is 9.29. The molecule has 0 amide bonds. The average Bonchev–Trinajstić information content (AvgIpc) is 3.23. The van der Waals surface area contributed by atoms with Crippen LogP contribution in [0.3, 0.4) is 0 Å². The van der Waals surface area contributed by atoms with E-state index in [1.165, 1.54) is 6.07 Å². The van der Waals surface area contributed by atoms with Gasteiger partial charge in [-0.05, 0) is 80.9 Å². The van der Waals surface area contributed by atoms with Gasteiger partial charge in [0, 0.05) is 18.0 Å². The highest BCUT2D eigenvalue weighted by Crippen LogP contribution is 2.25. The van der Waals surface area contributed by atoms with Crippen molar-refractivity contribution in [3.8, 4) is 23.2 Å². The minimum Gasteiger partial charge on any atom is -0.494 e. The number of anilines is 1. The van der Waals surface area contributed by atoms with Gasteiger partial charge in [-0.2, -0.15) is 5.10 Å². The topological polar surface area (TPSA) is 108 Å². The summed E-state index contributed by atoms with van der Waals surface area (Å²) >= 11 is 0. The van der Waals surface area contributed by atoms with Crippen LogP contribution in [0, 0.1) is 13.8 Å². The summed E-state index contributed by atoms with van der Waals surface area (Å²) in [5.41, 5.74) is 2.04. The highest BCUT2D eigenvalue weighted by molar-refractivity contribution is 7.92. The maximum absolute atomic E-state index is 12.7. The number of nitrogens with zero attached hydrogens (tertiary/aromatic N) is 4. The standard InChI is InChI=1S/C23H23N5O4S/c1-4-31-21-10-9-20(15-16(21)2)33(29,30)27-18-5-7-19(8-6-18)32-23-12-11-22(24-25-23)28-14-13-17(3)26-28/h5-15,27H,4H2,1-3H3. The van der Waals surface area contributed by atoms with Gasteiger partial charge in [0.1, 0.15) is 11.5 Å². The maximum atomic E-state index is 12.7. The molecule has 0 spiro atoms. The van der Waals surface area contributed by atoms with E-state index in [0.717, 1.165) is 11.3 Å². The van der Waals surface area contributed by atoms with Gasteiger partial charge >= 0.3 is 0 Å². The third-order valence-electron chi connectivity index (χ3n) is 4.67. The predicted octanol–water partition coefficient (Wildman–Crippen LogP) is 4.27. The lowest BCUT2D eigenvalue weighted by Crippen LogP contribution is -2.13. The van der Waals surface area contributed by atoms with E-state index in [1.807, 2.05) is 26.8 Å². The van der Waals surface area contributed by atoms with Crippen molar-refractivity contribution >= 4 is 15.7 Å². The zero-order valence-electron chi connectivity index (χ0n) is 18.4. The van der Waals surface area contributed by atoms with Gasteiger partial charge in [-0.25, -0.2) is 13.1 Å². The molecule has 4 aromatic rings. The lowest BCUT2D eigenvalue weighted by molar-refractivity contribution is 0.337. The zero-order valence-corrected chi connectivity index (χ0v) is 19.2. The average molecular weight is 466 g/mol. The van der Waals surface area contributed by atoms with Crippen molar-refractivity contribution in [2.75, 3.05) is 11.3 Å². The molecular weight excluding hydrogens is 442 g/mol. The van der Waals surface area contributed by atoms with Gasteiger partial charge in [0.05, 0.1) is 17.2 Å². The molecule has 0 bridgehead atoms. The van der Waals surface area contributed by atoms with Crippen LogP contribution in [-0.4, -0.2) is 35.0 Å². The molecule has 2 aromatic heterocycles. The summed E-state index contributed by atoms with van der Waals surface area (Å²) in [5, 5.41) is 12.4. The summed E-state index contributed by atoms with van der Waals surface area (Å²) in [4.78, 5) is 0.159. The first-order valence-corrected chi connectivity index (χ1v) is 11.7. The van der Waals surface area contributed by atoms with Gasteiger partial charge in [0.2, 0.25) is 5.88 Å². The van der Waals surface area contributed by atoms with Gasteiger partial charge < -0.3 is 9.47 Å². The van der Waals surface area contributed by atoms with Crippen molar-refractivity contribution in [1.82, 2.24) is 20.0 Å². The normalized spacial score (nSPS) is 11.2. The van der Waals surface area contributed by atoms with E-state index in [4.69, 9.17) is 9.47 Å². The van der Waals surface area contributed by atoms with Crippen LogP contribution < -0.4 is 14.2 Å². The van der Waals surface area contributed by atoms with E-state index < -0.39 is 10.0 Å². The van der Waals surface area contributed by atoms with Crippen LogP contribution >= 0.6 is 0 Å². The molecule has 2 heterocycles. The van der Waals surface area contributed by atoms with Crippen LogP contribution in [-0.2, 0) is 10.0 Å². The summed E-state index contributed by atoms with van der Waals surface area (Å²) in [6.07, 6.45) is 1.80. The summed E-state index contributed by atoms with van der Waals surface area (Å²) in [5.74, 6) is 2.03. The number of aromatic nitrogens is 4. The molecule has 4 rings (SSSR count). The van der Waals surface area contributed by atoms with E-state index in [2.05, 4.69) is 20.0 Å². The Labute approximate surface area is 192 Å². The smallest absolute Gasteiger partial charge is 0.261 e. The Balaban J connectivity index is 1.42. The molecule has 0 saturated carbocycles. The Bertz CT molecular complexity index is 1350. The number of hydrogen-bond donors (Lipinski definition) is 1. The molecule has 0 fully saturated rings. The minimum atomic E-state index is -3.75. The second-order valence-corrected chi connectivity index (χ2v) is 8.91. The molecule has 10 heteroatoms. The summed E-state index contributed by atoms with van der Waals surface area (Å²) < 4.78 is 40.8. The van der Waals surface area contributed by atoms with Crippen molar-refractivity contribution < 1.29 is 17.9 Å². The van der Waals surface area contributed by atoms with Crippen molar-refractivity contribution in [1.29, 1.82) is 0 Å². The quantitative estimate of drug-likeness (QED) is 0.414. The van der Waals surface area contributed by atoms with Crippen molar-refractivity contribution in [3.05, 3.63) is 78.1 Å². The fourth-order valence-electron chi connectivity index (χ4n) is 3.06. The molecule has 0 aliphatic rings. The van der Waals surface area contributed by atoms with Gasteiger partial charge in [-0.1, -0.05) is 0 Å². The number of ether oxygens (including phenoxy) is 2. The molecule has 1 N–H and O–H groups in total. The van der Waals surface area contributed by atoms with Gasteiger partial charge in [-0.3, -0.25) is 4.72 Å². The first kappa shape index (κ1) is 22.3. The van der Waals surface area contributed by atoms with Crippen molar-refractivity contribution in [2.45, 2.75) is 25.7 Å². The monoisotopic (exact) mass is 465 g/mol. The molecule has 0 saturated heterocycles. The molecule has 0 atom stereocenters. The molecule has 0 radical (unpaired) electrons. The minimum absolute atomic E-state index is 0.159. The Hall–Kier alpha value is -3.92. The van der Waals surface area contributed by atoms with E-state index in [0.29, 0.717) is 35.5 Å². The molecule has 0 aliphatic carbocycles. The summed E-state index contributed by atoms with van der Waals surface area (Å²) in [6, 6.07) is 16.6. The van der Waals surface area contributed by atoms with E-state index in [1.54, 1.807) is 59.4 Å². The Morgan fingerprint density at radius 2 is 1.76 bits per heavy atom. The van der Waals surface area contributed by atoms with Crippen LogP contribution in [0.15, 0.2) is 71.8 Å². The Morgan fingerprint density at radius 1 is 0.970 bits per heavy atom. The number of benzene rings is 2. The zero-order chi connectivity index (χ0) is 23.4. The number of aryl methyl sites for hydroxylation is 2. The third-order valence-corrected chi connectivity index (χ3v) is 6.05. The first-order chi connectivity index (χ1) is 15.8. The van der Waals surface area contributed by atoms with E-state index in [9.17, 15) is 8.42 Å². The number of hydrogen-bond acceptors (Lipinski definition) is 7.